The lowest BCUT2D eigenvalue weighted by Gasteiger charge is -2.25. The summed E-state index contributed by atoms with van der Waals surface area (Å²) in [6.45, 7) is 4.37. The number of hydrogen-bond donors (Lipinski definition) is 1. The molecule has 0 bridgehead atoms. The summed E-state index contributed by atoms with van der Waals surface area (Å²) in [5, 5.41) is 11.1. The van der Waals surface area contributed by atoms with Gasteiger partial charge in [-0.15, -0.1) is 0 Å². The number of nitrogens with zero attached hydrogens (tertiary/aromatic N) is 1. The van der Waals surface area contributed by atoms with Crippen LogP contribution in [0.3, 0.4) is 0 Å². The topological polar surface area (TPSA) is 66.8 Å². The number of carbonyl (C=O) groups is 2. The SMILES string of the molecule is C=CCOc1ccc(C2/C(=C(\O)c3ccccc3)C(=O)C(=O)N2CCc2ccccc2)cc1. The molecule has 0 saturated carbocycles. The summed E-state index contributed by atoms with van der Waals surface area (Å²) in [6, 6.07) is 25.2. The number of Topliss-reactive ketones (excluding diaryl/α,β-unsaturated/α-hetero) is 1. The van der Waals surface area contributed by atoms with Gasteiger partial charge in [0, 0.05) is 12.1 Å². The standard InChI is InChI=1S/C28H25NO4/c1-2-19-33-23-15-13-21(14-16-23)25-24(26(30)22-11-7-4-8-12-22)27(31)28(32)29(25)18-17-20-9-5-3-6-10-20/h2-16,25,30H,1,17-19H2/b26-24+. The molecule has 3 aromatic rings. The second-order valence-electron chi connectivity index (χ2n) is 7.76. The van der Waals surface area contributed by atoms with Gasteiger partial charge in [0.2, 0.25) is 0 Å². The first-order valence-corrected chi connectivity index (χ1v) is 10.8. The number of likely N-dealkylation sites (tertiary alicyclic amines) is 1. The van der Waals surface area contributed by atoms with Gasteiger partial charge in [0.25, 0.3) is 11.7 Å². The molecule has 1 unspecified atom stereocenters. The van der Waals surface area contributed by atoms with Crippen molar-refractivity contribution in [3.8, 4) is 5.75 Å². The molecule has 4 rings (SSSR count). The van der Waals surface area contributed by atoms with E-state index < -0.39 is 17.7 Å². The van der Waals surface area contributed by atoms with Gasteiger partial charge in [-0.25, -0.2) is 0 Å². The van der Waals surface area contributed by atoms with Crippen molar-refractivity contribution in [2.24, 2.45) is 0 Å². The smallest absolute Gasteiger partial charge is 0.295 e. The number of ether oxygens (including phenoxy) is 1. The van der Waals surface area contributed by atoms with Crippen molar-refractivity contribution in [2.45, 2.75) is 12.5 Å². The number of ketones is 1. The molecule has 0 aromatic heterocycles. The molecule has 1 saturated heterocycles. The predicted molar refractivity (Wildman–Crippen MR) is 128 cm³/mol. The first-order chi connectivity index (χ1) is 16.1. The van der Waals surface area contributed by atoms with E-state index in [1.54, 1.807) is 47.4 Å². The maximum atomic E-state index is 13.1. The number of hydrogen-bond acceptors (Lipinski definition) is 4. The Labute approximate surface area is 193 Å². The Morgan fingerprint density at radius 2 is 1.58 bits per heavy atom. The molecule has 3 aromatic carbocycles. The Morgan fingerprint density at radius 1 is 0.939 bits per heavy atom. The number of carbonyl (C=O) groups excluding carboxylic acids is 2. The zero-order chi connectivity index (χ0) is 23.2. The van der Waals surface area contributed by atoms with Crippen LogP contribution in [0.25, 0.3) is 5.76 Å². The quantitative estimate of drug-likeness (QED) is 0.234. The molecule has 1 aliphatic rings. The zero-order valence-electron chi connectivity index (χ0n) is 18.2. The molecule has 5 nitrogen and oxygen atoms in total. The van der Waals surface area contributed by atoms with Crippen molar-refractivity contribution in [3.05, 3.63) is 120 Å². The van der Waals surface area contributed by atoms with E-state index in [1.165, 1.54) is 0 Å². The molecule has 1 heterocycles. The van der Waals surface area contributed by atoms with Crippen molar-refractivity contribution in [3.63, 3.8) is 0 Å². The molecule has 1 aliphatic heterocycles. The number of benzene rings is 3. The van der Waals surface area contributed by atoms with Gasteiger partial charge in [0.15, 0.2) is 0 Å². The molecule has 166 valence electrons. The second kappa shape index (κ2) is 10.0. The molecule has 5 heteroatoms. The summed E-state index contributed by atoms with van der Waals surface area (Å²) in [5.74, 6) is -0.808. The third kappa shape index (κ3) is 4.72. The monoisotopic (exact) mass is 439 g/mol. The highest BCUT2D eigenvalue weighted by Gasteiger charge is 2.45. The predicted octanol–water partition coefficient (Wildman–Crippen LogP) is 4.92. The molecule has 1 N–H and O–H groups in total. The largest absolute Gasteiger partial charge is 0.507 e. The van der Waals surface area contributed by atoms with Crippen molar-refractivity contribution >= 4 is 17.4 Å². The van der Waals surface area contributed by atoms with Crippen LogP contribution in [0.2, 0.25) is 0 Å². The number of aliphatic hydroxyl groups is 1. The van der Waals surface area contributed by atoms with Gasteiger partial charge in [0.05, 0.1) is 11.6 Å². The summed E-state index contributed by atoms with van der Waals surface area (Å²) in [4.78, 5) is 27.7. The highest BCUT2D eigenvalue weighted by molar-refractivity contribution is 6.46. The van der Waals surface area contributed by atoms with E-state index in [9.17, 15) is 14.7 Å². The Morgan fingerprint density at radius 3 is 2.21 bits per heavy atom. The molecule has 1 amide bonds. The fourth-order valence-corrected chi connectivity index (χ4v) is 4.00. The number of amides is 1. The van der Waals surface area contributed by atoms with Gasteiger partial charge in [0.1, 0.15) is 18.1 Å². The van der Waals surface area contributed by atoms with E-state index in [0.29, 0.717) is 30.9 Å². The lowest BCUT2D eigenvalue weighted by Crippen LogP contribution is -2.31. The fraction of sp³-hybridized carbons (Fsp3) is 0.143. The highest BCUT2D eigenvalue weighted by atomic mass is 16.5. The van der Waals surface area contributed by atoms with Crippen molar-refractivity contribution in [1.82, 2.24) is 4.90 Å². The van der Waals surface area contributed by atoms with Crippen LogP contribution in [-0.4, -0.2) is 34.8 Å². The van der Waals surface area contributed by atoms with Crippen molar-refractivity contribution in [2.75, 3.05) is 13.2 Å². The Kier molecular flexibility index (Phi) is 6.69. The number of aliphatic hydroxyl groups excluding tert-OH is 1. The normalized spacial score (nSPS) is 17.2. The summed E-state index contributed by atoms with van der Waals surface area (Å²) in [5.41, 5.74) is 2.38. The van der Waals surface area contributed by atoms with Crippen LogP contribution in [0.5, 0.6) is 5.75 Å². The summed E-state index contributed by atoms with van der Waals surface area (Å²) in [7, 11) is 0. The minimum absolute atomic E-state index is 0.0963. The molecule has 0 aliphatic carbocycles. The first-order valence-electron chi connectivity index (χ1n) is 10.8. The molecule has 1 atom stereocenters. The van der Waals surface area contributed by atoms with Crippen molar-refractivity contribution < 1.29 is 19.4 Å². The molecule has 0 spiro atoms. The van der Waals surface area contributed by atoms with Gasteiger partial charge >= 0.3 is 0 Å². The van der Waals surface area contributed by atoms with E-state index in [-0.39, 0.29) is 11.3 Å². The second-order valence-corrected chi connectivity index (χ2v) is 7.76. The Bertz CT molecular complexity index is 1170. The molecular formula is C28H25NO4. The molecule has 1 fully saturated rings. The van der Waals surface area contributed by atoms with Crippen LogP contribution in [-0.2, 0) is 16.0 Å². The van der Waals surface area contributed by atoms with Crippen LogP contribution in [0.1, 0.15) is 22.7 Å². The van der Waals surface area contributed by atoms with Crippen LogP contribution in [0, 0.1) is 0 Å². The maximum Gasteiger partial charge on any atom is 0.295 e. The van der Waals surface area contributed by atoms with Gasteiger partial charge in [-0.3, -0.25) is 9.59 Å². The average molecular weight is 440 g/mol. The molecule has 33 heavy (non-hydrogen) atoms. The fourth-order valence-electron chi connectivity index (χ4n) is 4.00. The Hall–Kier alpha value is -4.12. The third-order valence-electron chi connectivity index (χ3n) is 5.64. The van der Waals surface area contributed by atoms with Crippen molar-refractivity contribution in [1.29, 1.82) is 0 Å². The van der Waals surface area contributed by atoms with Gasteiger partial charge in [-0.2, -0.15) is 0 Å². The van der Waals surface area contributed by atoms with Crippen LogP contribution in [0.15, 0.2) is 103 Å². The van der Waals surface area contributed by atoms with E-state index in [2.05, 4.69) is 6.58 Å². The average Bonchev–Trinajstić information content (AvgIpc) is 3.12. The molecular weight excluding hydrogens is 414 g/mol. The van der Waals surface area contributed by atoms with Crippen LogP contribution >= 0.6 is 0 Å². The molecule has 0 radical (unpaired) electrons. The van der Waals surface area contributed by atoms with Gasteiger partial charge in [-0.1, -0.05) is 85.5 Å². The summed E-state index contributed by atoms with van der Waals surface area (Å²) in [6.07, 6.45) is 2.25. The Balaban J connectivity index is 1.74. The van der Waals surface area contributed by atoms with E-state index in [0.717, 1.165) is 11.1 Å². The van der Waals surface area contributed by atoms with Crippen LogP contribution < -0.4 is 4.74 Å². The first kappa shape index (κ1) is 22.1. The lowest BCUT2D eigenvalue weighted by atomic mass is 9.95. The van der Waals surface area contributed by atoms with Gasteiger partial charge < -0.3 is 14.7 Å². The van der Waals surface area contributed by atoms with E-state index in [1.807, 2.05) is 48.5 Å². The van der Waals surface area contributed by atoms with E-state index in [4.69, 9.17) is 4.74 Å². The van der Waals surface area contributed by atoms with Gasteiger partial charge in [-0.05, 0) is 29.7 Å². The maximum absolute atomic E-state index is 13.1. The zero-order valence-corrected chi connectivity index (χ0v) is 18.2. The van der Waals surface area contributed by atoms with E-state index >= 15 is 0 Å². The minimum atomic E-state index is -0.692. The van der Waals surface area contributed by atoms with Crippen LogP contribution in [0.4, 0.5) is 0 Å². The number of rotatable bonds is 8. The lowest BCUT2D eigenvalue weighted by molar-refractivity contribution is -0.139. The summed E-state index contributed by atoms with van der Waals surface area (Å²) < 4.78 is 5.56. The highest BCUT2D eigenvalue weighted by Crippen LogP contribution is 2.39. The summed E-state index contributed by atoms with van der Waals surface area (Å²) >= 11 is 0. The minimum Gasteiger partial charge on any atom is -0.507 e. The third-order valence-corrected chi connectivity index (χ3v) is 5.64.